The standard InChI is InChI=1S/C13H29N3O.C12H23NO.C2H6/c1-13(2)12-16-7-5-15(6-8-16)9-11-17-10-3-4-14;1-5-6-9-14-10-7-8-13(4)11-12(2)3;1-2/h13H,3-12,14H2,1-2H3;12H,7-11H2,1-4H3;1-2H3. The Hall–Kier alpha value is -0.680. The van der Waals surface area contributed by atoms with Gasteiger partial charge in [-0.2, -0.15) is 0 Å². The highest BCUT2D eigenvalue weighted by molar-refractivity contribution is 4.94. The van der Waals surface area contributed by atoms with E-state index in [0.717, 1.165) is 70.7 Å². The van der Waals surface area contributed by atoms with Gasteiger partial charge in [0.15, 0.2) is 0 Å². The summed E-state index contributed by atoms with van der Waals surface area (Å²) in [5, 5.41) is 0. The average molecular weight is 471 g/mol. The van der Waals surface area contributed by atoms with Crippen LogP contribution in [0.1, 0.15) is 61.3 Å². The molecule has 6 nitrogen and oxygen atoms in total. The fourth-order valence-electron chi connectivity index (χ4n) is 3.54. The molecular formula is C27H58N4O2. The smallest absolute Gasteiger partial charge is 0.107 e. The Morgan fingerprint density at radius 3 is 2.03 bits per heavy atom. The van der Waals surface area contributed by atoms with Gasteiger partial charge in [-0.25, -0.2) is 0 Å². The van der Waals surface area contributed by atoms with Crippen LogP contribution >= 0.6 is 0 Å². The molecule has 6 heteroatoms. The molecule has 1 aliphatic rings. The molecule has 1 rings (SSSR count). The third kappa shape index (κ3) is 25.8. The van der Waals surface area contributed by atoms with E-state index in [1.54, 1.807) is 0 Å². The maximum absolute atomic E-state index is 5.53. The maximum atomic E-state index is 5.53. The van der Waals surface area contributed by atoms with E-state index >= 15 is 0 Å². The molecule has 1 heterocycles. The van der Waals surface area contributed by atoms with Crippen LogP contribution in [0.5, 0.6) is 0 Å². The number of nitrogens with two attached hydrogens (primary N) is 1. The van der Waals surface area contributed by atoms with Crippen LogP contribution < -0.4 is 5.73 Å². The Balaban J connectivity index is 0. The van der Waals surface area contributed by atoms with Crippen LogP contribution in [0.2, 0.25) is 0 Å². The lowest BCUT2D eigenvalue weighted by Gasteiger charge is -2.35. The fraction of sp³-hybridized carbons (Fsp3) is 0.926. The summed E-state index contributed by atoms with van der Waals surface area (Å²) in [6, 6.07) is 0. The van der Waals surface area contributed by atoms with Crippen LogP contribution in [-0.2, 0) is 9.47 Å². The molecule has 0 radical (unpaired) electrons. The molecule has 0 spiro atoms. The Bertz CT molecular complexity index is 441. The van der Waals surface area contributed by atoms with E-state index in [0.29, 0.717) is 6.61 Å². The molecule has 0 atom stereocenters. The van der Waals surface area contributed by atoms with Gasteiger partial charge in [0.25, 0.3) is 0 Å². The fourth-order valence-corrected chi connectivity index (χ4v) is 3.54. The van der Waals surface area contributed by atoms with Crippen molar-refractivity contribution in [2.24, 2.45) is 17.6 Å². The minimum atomic E-state index is 0.574. The molecule has 0 aromatic rings. The van der Waals surface area contributed by atoms with Crippen molar-refractivity contribution in [3.63, 3.8) is 0 Å². The molecule has 33 heavy (non-hydrogen) atoms. The van der Waals surface area contributed by atoms with Crippen molar-refractivity contribution in [1.29, 1.82) is 0 Å². The summed E-state index contributed by atoms with van der Waals surface area (Å²) in [6.07, 6.45) is 2.07. The lowest BCUT2D eigenvalue weighted by atomic mass is 10.2. The van der Waals surface area contributed by atoms with Crippen LogP contribution in [0, 0.1) is 23.7 Å². The number of hydrogen-bond donors (Lipinski definition) is 1. The Kier molecular flexibility index (Phi) is 27.1. The van der Waals surface area contributed by atoms with Gasteiger partial charge in [0, 0.05) is 65.6 Å². The molecule has 1 aliphatic heterocycles. The molecule has 2 N–H and O–H groups in total. The number of piperazine rings is 1. The van der Waals surface area contributed by atoms with Gasteiger partial charge in [-0.15, -0.1) is 5.92 Å². The van der Waals surface area contributed by atoms with E-state index in [2.05, 4.69) is 61.3 Å². The highest BCUT2D eigenvalue weighted by Gasteiger charge is 2.16. The minimum absolute atomic E-state index is 0.574. The van der Waals surface area contributed by atoms with Crippen LogP contribution in [0.3, 0.4) is 0 Å². The van der Waals surface area contributed by atoms with Crippen LogP contribution in [0.15, 0.2) is 0 Å². The maximum Gasteiger partial charge on any atom is 0.107 e. The Morgan fingerprint density at radius 2 is 1.48 bits per heavy atom. The van der Waals surface area contributed by atoms with Gasteiger partial charge in [-0.3, -0.25) is 4.90 Å². The largest absolute Gasteiger partial charge is 0.380 e. The van der Waals surface area contributed by atoms with Gasteiger partial charge in [0.05, 0.1) is 6.61 Å². The topological polar surface area (TPSA) is 54.2 Å². The summed E-state index contributed by atoms with van der Waals surface area (Å²) in [4.78, 5) is 7.41. The van der Waals surface area contributed by atoms with E-state index in [1.807, 2.05) is 20.8 Å². The molecule has 0 unspecified atom stereocenters. The zero-order valence-corrected chi connectivity index (χ0v) is 23.5. The van der Waals surface area contributed by atoms with Gasteiger partial charge in [0.1, 0.15) is 6.61 Å². The van der Waals surface area contributed by atoms with Crippen molar-refractivity contribution in [3.8, 4) is 11.8 Å². The SMILES string of the molecule is CC.CC#CCOCCCN(C)CC(C)C.CC(C)CN1CCN(CCOCCCN)CC1. The number of nitrogens with zero attached hydrogens (tertiary/aromatic N) is 3. The van der Waals surface area contributed by atoms with Crippen LogP contribution in [0.4, 0.5) is 0 Å². The molecule has 0 aromatic heterocycles. The lowest BCUT2D eigenvalue weighted by Crippen LogP contribution is -2.48. The first-order valence-corrected chi connectivity index (χ1v) is 13.3. The van der Waals surface area contributed by atoms with Crippen LogP contribution in [-0.4, -0.2) is 107 Å². The summed E-state index contributed by atoms with van der Waals surface area (Å²) in [7, 11) is 2.16. The predicted molar refractivity (Wildman–Crippen MR) is 145 cm³/mol. The van der Waals surface area contributed by atoms with Crippen molar-refractivity contribution in [2.75, 3.05) is 92.4 Å². The van der Waals surface area contributed by atoms with E-state index in [1.165, 1.54) is 32.7 Å². The monoisotopic (exact) mass is 470 g/mol. The first-order valence-electron chi connectivity index (χ1n) is 13.3. The second-order valence-electron chi connectivity index (χ2n) is 9.28. The van der Waals surface area contributed by atoms with E-state index in [9.17, 15) is 0 Å². The quantitative estimate of drug-likeness (QED) is 0.291. The first kappa shape index (κ1) is 34.5. The van der Waals surface area contributed by atoms with E-state index < -0.39 is 0 Å². The van der Waals surface area contributed by atoms with Crippen molar-refractivity contribution in [2.45, 2.75) is 61.3 Å². The van der Waals surface area contributed by atoms with Crippen molar-refractivity contribution >= 4 is 0 Å². The summed E-state index contributed by atoms with van der Waals surface area (Å²) in [6.45, 7) is 28.0. The molecule has 0 bridgehead atoms. The second-order valence-corrected chi connectivity index (χ2v) is 9.28. The highest BCUT2D eigenvalue weighted by Crippen LogP contribution is 2.05. The number of hydrogen-bond acceptors (Lipinski definition) is 6. The van der Waals surface area contributed by atoms with Crippen molar-refractivity contribution < 1.29 is 9.47 Å². The van der Waals surface area contributed by atoms with Crippen molar-refractivity contribution in [1.82, 2.24) is 14.7 Å². The summed E-state index contributed by atoms with van der Waals surface area (Å²) in [5.74, 6) is 7.21. The van der Waals surface area contributed by atoms with Gasteiger partial charge >= 0.3 is 0 Å². The van der Waals surface area contributed by atoms with Gasteiger partial charge in [-0.05, 0) is 45.2 Å². The van der Waals surface area contributed by atoms with Crippen molar-refractivity contribution in [3.05, 3.63) is 0 Å². The number of rotatable bonds is 15. The molecule has 0 aromatic carbocycles. The highest BCUT2D eigenvalue weighted by atomic mass is 16.5. The molecule has 1 saturated heterocycles. The van der Waals surface area contributed by atoms with Gasteiger partial charge in [-0.1, -0.05) is 47.5 Å². The van der Waals surface area contributed by atoms with Crippen LogP contribution in [0.25, 0.3) is 0 Å². The zero-order chi connectivity index (χ0) is 25.3. The minimum Gasteiger partial charge on any atom is -0.380 e. The van der Waals surface area contributed by atoms with Gasteiger partial charge < -0.3 is 25.0 Å². The lowest BCUT2D eigenvalue weighted by molar-refractivity contribution is 0.0720. The third-order valence-electron chi connectivity index (χ3n) is 4.99. The van der Waals surface area contributed by atoms with E-state index in [-0.39, 0.29) is 0 Å². The normalized spacial score (nSPS) is 14.4. The molecule has 0 amide bonds. The summed E-state index contributed by atoms with van der Waals surface area (Å²) < 4.78 is 10.9. The predicted octanol–water partition coefficient (Wildman–Crippen LogP) is 3.66. The Labute approximate surface area is 207 Å². The third-order valence-corrected chi connectivity index (χ3v) is 4.99. The molecular weight excluding hydrogens is 412 g/mol. The average Bonchev–Trinajstić information content (AvgIpc) is 2.78. The van der Waals surface area contributed by atoms with E-state index in [4.69, 9.17) is 15.2 Å². The molecule has 198 valence electrons. The first-order chi connectivity index (χ1) is 15.9. The molecule has 0 saturated carbocycles. The van der Waals surface area contributed by atoms with Gasteiger partial charge in [0.2, 0.25) is 0 Å². The molecule has 0 aliphatic carbocycles. The summed E-state index contributed by atoms with van der Waals surface area (Å²) >= 11 is 0. The second kappa shape index (κ2) is 25.9. The zero-order valence-electron chi connectivity index (χ0n) is 23.5. The summed E-state index contributed by atoms with van der Waals surface area (Å²) in [5.41, 5.74) is 5.41. The Morgan fingerprint density at radius 1 is 0.879 bits per heavy atom. The molecule has 1 fully saturated rings. The number of ether oxygens (including phenoxy) is 2.